The molecular weight excluding hydrogens is 547 g/mol. The van der Waals surface area contributed by atoms with E-state index in [4.69, 9.17) is 37.4 Å². The summed E-state index contributed by atoms with van der Waals surface area (Å²) in [5, 5.41) is 9.52. The molecule has 0 aliphatic carbocycles. The number of ether oxygens (including phenoxy) is 3. The number of hydrogen-bond acceptors (Lipinski definition) is 7. The highest BCUT2D eigenvalue weighted by Crippen LogP contribution is 2.30. The largest absolute Gasteiger partial charge is 0.497 e. The van der Waals surface area contributed by atoms with E-state index in [-0.39, 0.29) is 18.2 Å². The number of halogens is 2. The van der Waals surface area contributed by atoms with Crippen molar-refractivity contribution in [3.8, 4) is 17.2 Å². The highest BCUT2D eigenvalue weighted by atomic mass is 35.5. The third kappa shape index (κ3) is 8.91. The number of carbonyl (C=O) groups is 3. The van der Waals surface area contributed by atoms with Gasteiger partial charge in [0, 0.05) is 6.54 Å². The summed E-state index contributed by atoms with van der Waals surface area (Å²) in [7, 11) is 1.56. The van der Waals surface area contributed by atoms with E-state index in [0.717, 1.165) is 5.56 Å². The molecule has 3 rings (SSSR count). The molecule has 0 saturated carbocycles. The van der Waals surface area contributed by atoms with E-state index in [1.54, 1.807) is 74.7 Å². The molecule has 3 aromatic carbocycles. The zero-order valence-corrected chi connectivity index (χ0v) is 22.6. The first-order valence-corrected chi connectivity index (χ1v) is 12.4. The van der Waals surface area contributed by atoms with Gasteiger partial charge >= 0.3 is 11.8 Å². The summed E-state index contributed by atoms with van der Waals surface area (Å²) >= 11 is 12.1. The molecule has 12 heteroatoms. The number of carbonyl (C=O) groups excluding carboxylic acids is 3. The fourth-order valence-electron chi connectivity index (χ4n) is 3.14. The van der Waals surface area contributed by atoms with Crippen molar-refractivity contribution in [3.05, 3.63) is 81.8 Å². The normalized spacial score (nSPS) is 10.6. The predicted octanol–water partition coefficient (Wildman–Crippen LogP) is 4.18. The molecule has 0 spiro atoms. The van der Waals surface area contributed by atoms with Gasteiger partial charge in [0.1, 0.15) is 5.75 Å². The second-order valence-electron chi connectivity index (χ2n) is 7.81. The van der Waals surface area contributed by atoms with Crippen LogP contribution in [-0.2, 0) is 20.9 Å². The van der Waals surface area contributed by atoms with Crippen LogP contribution >= 0.6 is 23.2 Å². The molecule has 0 heterocycles. The first-order chi connectivity index (χ1) is 18.8. The molecule has 3 N–H and O–H groups in total. The maximum absolute atomic E-state index is 12.3. The number of anilines is 1. The summed E-state index contributed by atoms with van der Waals surface area (Å²) in [6, 6.07) is 16.8. The van der Waals surface area contributed by atoms with Gasteiger partial charge in [0.15, 0.2) is 18.1 Å². The Labute approximate surface area is 235 Å². The van der Waals surface area contributed by atoms with Crippen molar-refractivity contribution in [2.45, 2.75) is 13.5 Å². The number of amides is 3. The van der Waals surface area contributed by atoms with Crippen molar-refractivity contribution in [2.75, 3.05) is 25.6 Å². The molecule has 0 atom stereocenters. The fraction of sp³-hybridized carbons (Fsp3) is 0.185. The zero-order chi connectivity index (χ0) is 28.2. The fourth-order valence-corrected chi connectivity index (χ4v) is 3.49. The highest BCUT2D eigenvalue weighted by Gasteiger charge is 2.13. The lowest BCUT2D eigenvalue weighted by molar-refractivity contribution is -0.139. The van der Waals surface area contributed by atoms with Crippen molar-refractivity contribution in [3.63, 3.8) is 0 Å². The van der Waals surface area contributed by atoms with Crippen LogP contribution in [0.2, 0.25) is 10.0 Å². The van der Waals surface area contributed by atoms with Gasteiger partial charge in [-0.1, -0.05) is 41.4 Å². The number of hydrogen-bond donors (Lipinski definition) is 3. The van der Waals surface area contributed by atoms with Crippen LogP contribution in [0.3, 0.4) is 0 Å². The van der Waals surface area contributed by atoms with E-state index < -0.39 is 17.7 Å². The molecule has 10 nitrogen and oxygen atoms in total. The number of methoxy groups -OCH3 is 1. The third-order valence-electron chi connectivity index (χ3n) is 5.05. The van der Waals surface area contributed by atoms with Crippen molar-refractivity contribution in [2.24, 2.45) is 5.10 Å². The molecule has 0 aliphatic rings. The van der Waals surface area contributed by atoms with Gasteiger partial charge in [-0.2, -0.15) is 5.10 Å². The van der Waals surface area contributed by atoms with E-state index in [1.807, 2.05) is 0 Å². The van der Waals surface area contributed by atoms with Gasteiger partial charge in [0.25, 0.3) is 5.91 Å². The van der Waals surface area contributed by atoms with E-state index in [9.17, 15) is 14.4 Å². The molecule has 3 amide bonds. The Morgan fingerprint density at radius 2 is 1.72 bits per heavy atom. The first kappa shape index (κ1) is 29.3. The summed E-state index contributed by atoms with van der Waals surface area (Å²) in [5.74, 6) is -0.828. The minimum Gasteiger partial charge on any atom is -0.497 e. The Balaban J connectivity index is 1.52. The Morgan fingerprint density at radius 3 is 2.44 bits per heavy atom. The van der Waals surface area contributed by atoms with E-state index in [2.05, 4.69) is 21.2 Å². The monoisotopic (exact) mass is 572 g/mol. The number of benzene rings is 3. The second-order valence-corrected chi connectivity index (χ2v) is 8.59. The van der Waals surface area contributed by atoms with Crippen LogP contribution in [0.1, 0.15) is 18.1 Å². The Hall–Kier alpha value is -4.28. The van der Waals surface area contributed by atoms with Crippen molar-refractivity contribution >= 4 is 52.8 Å². The minimum absolute atomic E-state index is 0.170. The Kier molecular flexibility index (Phi) is 11.0. The van der Waals surface area contributed by atoms with Crippen molar-refractivity contribution in [1.82, 2.24) is 10.7 Å². The quantitative estimate of drug-likeness (QED) is 0.180. The lowest BCUT2D eigenvalue weighted by Crippen LogP contribution is -2.37. The smallest absolute Gasteiger partial charge is 0.329 e. The maximum Gasteiger partial charge on any atom is 0.329 e. The molecule has 0 bridgehead atoms. The van der Waals surface area contributed by atoms with Gasteiger partial charge < -0.3 is 24.8 Å². The van der Waals surface area contributed by atoms with Gasteiger partial charge in [-0.25, -0.2) is 5.43 Å². The van der Waals surface area contributed by atoms with Crippen LogP contribution in [0.25, 0.3) is 0 Å². The van der Waals surface area contributed by atoms with Gasteiger partial charge in [0.2, 0.25) is 0 Å². The lowest BCUT2D eigenvalue weighted by Gasteiger charge is -2.13. The predicted molar refractivity (Wildman–Crippen MR) is 149 cm³/mol. The molecule has 204 valence electrons. The number of hydrazone groups is 1. The average molecular weight is 573 g/mol. The van der Waals surface area contributed by atoms with Crippen molar-refractivity contribution < 1.29 is 28.6 Å². The topological polar surface area (TPSA) is 127 Å². The summed E-state index contributed by atoms with van der Waals surface area (Å²) in [4.78, 5) is 36.4. The van der Waals surface area contributed by atoms with Gasteiger partial charge in [-0.05, 0) is 60.5 Å². The summed E-state index contributed by atoms with van der Waals surface area (Å²) in [6.07, 6.45) is 1.34. The molecule has 0 radical (unpaired) electrons. The summed E-state index contributed by atoms with van der Waals surface area (Å²) < 4.78 is 16.3. The maximum atomic E-state index is 12.3. The summed E-state index contributed by atoms with van der Waals surface area (Å²) in [5.41, 5.74) is 3.90. The third-order valence-corrected chi connectivity index (χ3v) is 5.87. The molecule has 3 aromatic rings. The van der Waals surface area contributed by atoms with Crippen molar-refractivity contribution in [1.29, 1.82) is 0 Å². The number of nitrogens with zero attached hydrogens (tertiary/aromatic N) is 1. The van der Waals surface area contributed by atoms with E-state index >= 15 is 0 Å². The Morgan fingerprint density at radius 1 is 0.949 bits per heavy atom. The molecule has 0 aromatic heterocycles. The zero-order valence-electron chi connectivity index (χ0n) is 21.1. The van der Waals surface area contributed by atoms with Crippen LogP contribution in [0.5, 0.6) is 17.2 Å². The van der Waals surface area contributed by atoms with Crippen LogP contribution in [-0.4, -0.2) is 44.3 Å². The number of rotatable bonds is 11. The minimum atomic E-state index is -0.921. The Bertz CT molecular complexity index is 1350. The highest BCUT2D eigenvalue weighted by molar-refractivity contribution is 6.44. The lowest BCUT2D eigenvalue weighted by atomic mass is 10.2. The standard InChI is InChI=1S/C27H26Cl2N4O6/c1-3-38-23-13-18(9-12-22(23)39-16-24(34)32-21-6-4-5-20(28)25(21)29)15-31-33-27(36)26(35)30-14-17-7-10-19(37-2)11-8-17/h4-13,15H,3,14,16H2,1-2H3,(H,30,35)(H,32,34)(H,33,36)/b31-15-. The van der Waals surface area contributed by atoms with Crippen LogP contribution in [0, 0.1) is 0 Å². The van der Waals surface area contributed by atoms with Gasteiger partial charge in [-0.3, -0.25) is 14.4 Å². The second kappa shape index (κ2) is 14.6. The molecule has 0 saturated heterocycles. The van der Waals surface area contributed by atoms with Crippen LogP contribution in [0.15, 0.2) is 65.8 Å². The molecular formula is C27H26Cl2N4O6. The number of nitrogens with one attached hydrogen (secondary N) is 3. The van der Waals surface area contributed by atoms with E-state index in [0.29, 0.717) is 40.1 Å². The van der Waals surface area contributed by atoms with Crippen LogP contribution in [0.4, 0.5) is 5.69 Å². The van der Waals surface area contributed by atoms with Gasteiger partial charge in [-0.15, -0.1) is 0 Å². The van der Waals surface area contributed by atoms with Crippen LogP contribution < -0.4 is 30.3 Å². The van der Waals surface area contributed by atoms with E-state index in [1.165, 1.54) is 6.21 Å². The average Bonchev–Trinajstić information content (AvgIpc) is 2.94. The summed E-state index contributed by atoms with van der Waals surface area (Å²) in [6.45, 7) is 2.00. The van der Waals surface area contributed by atoms with Gasteiger partial charge in [0.05, 0.1) is 35.7 Å². The SMILES string of the molecule is CCOc1cc(/C=N\NC(=O)C(=O)NCc2ccc(OC)cc2)ccc1OCC(=O)Nc1cccc(Cl)c1Cl. The molecule has 0 aliphatic heterocycles. The first-order valence-electron chi connectivity index (χ1n) is 11.7. The molecule has 39 heavy (non-hydrogen) atoms. The molecule has 0 unspecified atom stereocenters. The molecule has 0 fully saturated rings.